The molecule has 1 saturated heterocycles. The maximum absolute atomic E-state index is 13.1. The van der Waals surface area contributed by atoms with E-state index in [0.29, 0.717) is 19.8 Å². The molecule has 7 heteroatoms. The molecule has 0 unspecified atom stereocenters. The summed E-state index contributed by atoms with van der Waals surface area (Å²) in [5.74, 6) is -0.283. The van der Waals surface area contributed by atoms with Gasteiger partial charge in [0.15, 0.2) is 5.03 Å². The van der Waals surface area contributed by atoms with Gasteiger partial charge in [0.1, 0.15) is 5.82 Å². The highest BCUT2D eigenvalue weighted by Gasteiger charge is 2.20. The zero-order valence-electron chi connectivity index (χ0n) is 16.9. The van der Waals surface area contributed by atoms with E-state index in [1.165, 1.54) is 18.2 Å². The third kappa shape index (κ3) is 5.44. The lowest BCUT2D eigenvalue weighted by Gasteiger charge is -2.26. The van der Waals surface area contributed by atoms with Gasteiger partial charge in [-0.25, -0.2) is 17.8 Å². The van der Waals surface area contributed by atoms with Crippen LogP contribution in [-0.2, 0) is 21.1 Å². The Kier molecular flexibility index (Phi) is 6.56. The number of rotatable bonds is 6. The van der Waals surface area contributed by atoms with Crippen LogP contribution in [0.1, 0.15) is 16.8 Å². The molecule has 0 bridgehead atoms. The van der Waals surface area contributed by atoms with Gasteiger partial charge in [-0.05, 0) is 47.5 Å². The van der Waals surface area contributed by atoms with Crippen LogP contribution in [0.5, 0.6) is 0 Å². The second-order valence-electron chi connectivity index (χ2n) is 7.31. The highest BCUT2D eigenvalue weighted by atomic mass is 32.2. The predicted molar refractivity (Wildman–Crippen MR) is 118 cm³/mol. The van der Waals surface area contributed by atoms with Gasteiger partial charge in [-0.15, -0.1) is 0 Å². The standard InChI is InChI=1S/C24H23FN2O3S/c25-21-10-6-19(7-11-21)4-5-20-8-12-23(13-9-20)31(28,29)24-3-1-2-22(26-24)18-27-14-16-30-17-15-27/h1-13H,14-18H2. The highest BCUT2D eigenvalue weighted by molar-refractivity contribution is 7.91. The van der Waals surface area contributed by atoms with Gasteiger partial charge in [-0.3, -0.25) is 4.90 Å². The van der Waals surface area contributed by atoms with Crippen molar-refractivity contribution in [1.82, 2.24) is 9.88 Å². The molecule has 5 nitrogen and oxygen atoms in total. The Morgan fingerprint density at radius 3 is 2.16 bits per heavy atom. The predicted octanol–water partition coefficient (Wildman–Crippen LogP) is 4.06. The van der Waals surface area contributed by atoms with Gasteiger partial charge in [0.2, 0.25) is 9.84 Å². The third-order valence-electron chi connectivity index (χ3n) is 5.07. The molecule has 0 N–H and O–H groups in total. The van der Waals surface area contributed by atoms with Crippen molar-refractivity contribution in [2.45, 2.75) is 16.5 Å². The maximum Gasteiger partial charge on any atom is 0.223 e. The third-order valence-corrected chi connectivity index (χ3v) is 6.75. The Morgan fingerprint density at radius 2 is 1.52 bits per heavy atom. The Balaban J connectivity index is 1.49. The first-order valence-corrected chi connectivity index (χ1v) is 11.5. The van der Waals surface area contributed by atoms with E-state index < -0.39 is 9.84 Å². The van der Waals surface area contributed by atoms with E-state index >= 15 is 0 Å². The molecule has 2 heterocycles. The van der Waals surface area contributed by atoms with Crippen LogP contribution in [0.4, 0.5) is 4.39 Å². The number of halogens is 1. The zero-order chi connectivity index (χ0) is 21.7. The van der Waals surface area contributed by atoms with Gasteiger partial charge >= 0.3 is 0 Å². The molecule has 3 aromatic rings. The maximum atomic E-state index is 13.1. The van der Waals surface area contributed by atoms with E-state index in [4.69, 9.17) is 4.74 Å². The minimum atomic E-state index is -3.71. The summed E-state index contributed by atoms with van der Waals surface area (Å²) in [6, 6.07) is 17.9. The Morgan fingerprint density at radius 1 is 0.903 bits per heavy atom. The molecule has 0 radical (unpaired) electrons. The summed E-state index contributed by atoms with van der Waals surface area (Å²) in [5.41, 5.74) is 2.43. The van der Waals surface area contributed by atoms with Crippen molar-refractivity contribution in [3.05, 3.63) is 89.4 Å². The first kappa shape index (κ1) is 21.4. The molecule has 2 aromatic carbocycles. The highest BCUT2D eigenvalue weighted by Crippen LogP contribution is 2.21. The van der Waals surface area contributed by atoms with Crippen molar-refractivity contribution in [3.8, 4) is 0 Å². The summed E-state index contributed by atoms with van der Waals surface area (Å²) in [7, 11) is -3.71. The number of nitrogens with zero attached hydrogens (tertiary/aromatic N) is 2. The number of pyridine rings is 1. The van der Waals surface area contributed by atoms with E-state index in [1.54, 1.807) is 42.5 Å². The average molecular weight is 439 g/mol. The molecule has 4 rings (SSSR count). The van der Waals surface area contributed by atoms with Crippen LogP contribution in [0.15, 0.2) is 76.7 Å². The summed E-state index contributed by atoms with van der Waals surface area (Å²) < 4.78 is 44.4. The average Bonchev–Trinajstić information content (AvgIpc) is 2.80. The van der Waals surface area contributed by atoms with Crippen LogP contribution >= 0.6 is 0 Å². The second-order valence-corrected chi connectivity index (χ2v) is 9.21. The van der Waals surface area contributed by atoms with Gasteiger partial charge in [0.25, 0.3) is 0 Å². The quantitative estimate of drug-likeness (QED) is 0.544. The van der Waals surface area contributed by atoms with Gasteiger partial charge in [-0.2, -0.15) is 0 Å². The second kappa shape index (κ2) is 9.51. The van der Waals surface area contributed by atoms with Crippen LogP contribution in [0.3, 0.4) is 0 Å². The van der Waals surface area contributed by atoms with E-state index in [2.05, 4.69) is 9.88 Å². The van der Waals surface area contributed by atoms with Crippen LogP contribution < -0.4 is 0 Å². The molecule has 1 aliphatic heterocycles. The van der Waals surface area contributed by atoms with Crippen molar-refractivity contribution in [2.24, 2.45) is 0 Å². The number of ether oxygens (including phenoxy) is 1. The van der Waals surface area contributed by atoms with Gasteiger partial charge in [0, 0.05) is 19.6 Å². The lowest BCUT2D eigenvalue weighted by Crippen LogP contribution is -2.35. The fraction of sp³-hybridized carbons (Fsp3) is 0.208. The van der Waals surface area contributed by atoms with Crippen LogP contribution in [0, 0.1) is 5.82 Å². The molecule has 0 atom stereocenters. The van der Waals surface area contributed by atoms with Crippen molar-refractivity contribution in [3.63, 3.8) is 0 Å². The Bertz CT molecular complexity index is 1150. The topological polar surface area (TPSA) is 59.5 Å². The Hall–Kier alpha value is -2.87. The first-order valence-electron chi connectivity index (χ1n) is 10.1. The fourth-order valence-electron chi connectivity index (χ4n) is 3.33. The molecule has 31 heavy (non-hydrogen) atoms. The van der Waals surface area contributed by atoms with Crippen molar-refractivity contribution in [2.75, 3.05) is 26.3 Å². The monoisotopic (exact) mass is 438 g/mol. The van der Waals surface area contributed by atoms with Gasteiger partial charge in [-0.1, -0.05) is 42.5 Å². The molecule has 1 aromatic heterocycles. The van der Waals surface area contributed by atoms with E-state index in [-0.39, 0.29) is 15.7 Å². The summed E-state index contributed by atoms with van der Waals surface area (Å²) in [4.78, 5) is 6.80. The number of sulfone groups is 1. The molecule has 0 saturated carbocycles. The lowest BCUT2D eigenvalue weighted by molar-refractivity contribution is 0.0336. The van der Waals surface area contributed by atoms with Crippen LogP contribution in [0.2, 0.25) is 0 Å². The van der Waals surface area contributed by atoms with Crippen LogP contribution in [0.25, 0.3) is 12.2 Å². The van der Waals surface area contributed by atoms with Crippen molar-refractivity contribution in [1.29, 1.82) is 0 Å². The van der Waals surface area contributed by atoms with E-state index in [1.807, 2.05) is 18.2 Å². The van der Waals surface area contributed by atoms with Crippen molar-refractivity contribution < 1.29 is 17.5 Å². The summed E-state index contributed by atoms with van der Waals surface area (Å²) in [6.45, 7) is 3.58. The van der Waals surface area contributed by atoms with Crippen LogP contribution in [-0.4, -0.2) is 44.6 Å². The van der Waals surface area contributed by atoms with Gasteiger partial charge < -0.3 is 4.74 Å². The molecule has 1 aliphatic rings. The summed E-state index contributed by atoms with van der Waals surface area (Å²) >= 11 is 0. The number of benzene rings is 2. The molecule has 1 fully saturated rings. The minimum absolute atomic E-state index is 0.0489. The smallest absolute Gasteiger partial charge is 0.223 e. The first-order chi connectivity index (χ1) is 15.0. The molecular weight excluding hydrogens is 415 g/mol. The largest absolute Gasteiger partial charge is 0.379 e. The minimum Gasteiger partial charge on any atom is -0.379 e. The number of hydrogen-bond donors (Lipinski definition) is 0. The Labute approximate surface area is 181 Å². The van der Waals surface area contributed by atoms with E-state index in [9.17, 15) is 12.8 Å². The zero-order valence-corrected chi connectivity index (χ0v) is 17.8. The molecule has 0 spiro atoms. The lowest BCUT2D eigenvalue weighted by atomic mass is 10.1. The fourth-order valence-corrected chi connectivity index (χ4v) is 4.56. The molecular formula is C24H23FN2O3S. The molecule has 160 valence electrons. The van der Waals surface area contributed by atoms with Crippen molar-refractivity contribution >= 4 is 22.0 Å². The number of hydrogen-bond acceptors (Lipinski definition) is 5. The molecule has 0 amide bonds. The van der Waals surface area contributed by atoms with Gasteiger partial charge in [0.05, 0.1) is 23.8 Å². The summed E-state index contributed by atoms with van der Waals surface area (Å²) in [6.07, 6.45) is 3.70. The van der Waals surface area contributed by atoms with E-state index in [0.717, 1.165) is 29.9 Å². The number of morpholine rings is 1. The molecule has 0 aliphatic carbocycles. The summed E-state index contributed by atoms with van der Waals surface area (Å²) in [5, 5.41) is 0.0489. The SMILES string of the molecule is O=S(=O)(c1ccc(C=Cc2ccc(F)cc2)cc1)c1cccc(CN2CCOCC2)n1. The number of aromatic nitrogens is 1. The normalized spacial score (nSPS) is 15.4.